The number of rotatable bonds is 4. The van der Waals surface area contributed by atoms with Crippen LogP contribution in [0.1, 0.15) is 33.6 Å². The zero-order chi connectivity index (χ0) is 14.0. The number of anilines is 1. The summed E-state index contributed by atoms with van der Waals surface area (Å²) >= 11 is 0. The molecule has 0 saturated heterocycles. The van der Waals surface area contributed by atoms with Gasteiger partial charge in [0, 0.05) is 19.3 Å². The number of carbonyl (C=O) groups is 1. The summed E-state index contributed by atoms with van der Waals surface area (Å²) in [6.07, 6.45) is 6.11. The van der Waals surface area contributed by atoms with Crippen LogP contribution in [0.2, 0.25) is 0 Å². The summed E-state index contributed by atoms with van der Waals surface area (Å²) in [5, 5.41) is 10.3. The number of hydrogen-bond donors (Lipinski definition) is 2. The second kappa shape index (κ2) is 5.23. The van der Waals surface area contributed by atoms with E-state index in [9.17, 15) is 4.79 Å². The van der Waals surface area contributed by atoms with E-state index in [0.717, 1.165) is 5.69 Å². The van der Waals surface area contributed by atoms with Crippen LogP contribution in [-0.4, -0.2) is 28.8 Å². The van der Waals surface area contributed by atoms with Crippen molar-refractivity contribution in [1.29, 1.82) is 0 Å². The Labute approximate surface area is 114 Å². The maximum atomic E-state index is 11.3. The highest BCUT2D eigenvalue weighted by atomic mass is 16.1. The van der Waals surface area contributed by atoms with Gasteiger partial charge in [0.2, 0.25) is 5.91 Å². The van der Waals surface area contributed by atoms with E-state index in [1.165, 1.54) is 12.8 Å². The number of nitrogens with one attached hydrogen (secondary N) is 2. The van der Waals surface area contributed by atoms with Gasteiger partial charge in [0.15, 0.2) is 0 Å². The first-order valence-electron chi connectivity index (χ1n) is 6.89. The fourth-order valence-corrected chi connectivity index (χ4v) is 3.05. The van der Waals surface area contributed by atoms with Crippen LogP contribution in [0.15, 0.2) is 12.4 Å². The van der Waals surface area contributed by atoms with Crippen molar-refractivity contribution in [3.05, 3.63) is 12.4 Å². The first-order valence-corrected chi connectivity index (χ1v) is 6.89. The molecule has 1 aliphatic carbocycles. The van der Waals surface area contributed by atoms with Crippen molar-refractivity contribution in [2.75, 3.05) is 12.4 Å². The molecule has 0 radical (unpaired) electrons. The second-order valence-electron chi connectivity index (χ2n) is 6.40. The highest BCUT2D eigenvalue weighted by molar-refractivity contribution is 5.75. The molecule has 2 atom stereocenters. The Morgan fingerprint density at radius 1 is 1.53 bits per heavy atom. The lowest BCUT2D eigenvalue weighted by molar-refractivity contribution is -0.121. The van der Waals surface area contributed by atoms with Crippen molar-refractivity contribution in [2.24, 2.45) is 11.3 Å². The van der Waals surface area contributed by atoms with Crippen LogP contribution < -0.4 is 10.6 Å². The molecular weight excluding hydrogens is 240 g/mol. The summed E-state index contributed by atoms with van der Waals surface area (Å²) in [5.74, 6) is 0.627. The molecule has 2 rings (SSSR count). The molecule has 0 unspecified atom stereocenters. The van der Waals surface area contributed by atoms with Gasteiger partial charge in [-0.25, -0.2) is 0 Å². The summed E-state index contributed by atoms with van der Waals surface area (Å²) in [5.41, 5.74) is 1.41. The molecule has 5 heteroatoms. The van der Waals surface area contributed by atoms with Gasteiger partial charge < -0.3 is 10.6 Å². The predicted octanol–water partition coefficient (Wildman–Crippen LogP) is 1.87. The van der Waals surface area contributed by atoms with Gasteiger partial charge in [-0.15, -0.1) is 0 Å². The van der Waals surface area contributed by atoms with Gasteiger partial charge in [-0.05, 0) is 24.2 Å². The topological polar surface area (TPSA) is 59.0 Å². The van der Waals surface area contributed by atoms with E-state index in [0.29, 0.717) is 17.4 Å². The minimum atomic E-state index is -0.0370. The highest BCUT2D eigenvalue weighted by Gasteiger charge is 2.36. The quantitative estimate of drug-likeness (QED) is 0.872. The summed E-state index contributed by atoms with van der Waals surface area (Å²) in [4.78, 5) is 11.3. The summed E-state index contributed by atoms with van der Waals surface area (Å²) < 4.78 is 1.66. The molecular formula is C14H24N4O. The molecule has 1 saturated carbocycles. The lowest BCUT2D eigenvalue weighted by atomic mass is 9.91. The zero-order valence-corrected chi connectivity index (χ0v) is 12.2. The van der Waals surface area contributed by atoms with Crippen molar-refractivity contribution in [3.63, 3.8) is 0 Å². The lowest BCUT2D eigenvalue weighted by Crippen LogP contribution is -2.24. The smallest absolute Gasteiger partial charge is 0.241 e. The third kappa shape index (κ3) is 3.49. The molecule has 1 heterocycles. The third-order valence-corrected chi connectivity index (χ3v) is 3.90. The lowest BCUT2D eigenvalue weighted by Gasteiger charge is -2.18. The monoisotopic (exact) mass is 264 g/mol. The van der Waals surface area contributed by atoms with Crippen molar-refractivity contribution >= 4 is 11.6 Å². The molecule has 1 amide bonds. The minimum Gasteiger partial charge on any atom is -0.379 e. The number of likely N-dealkylation sites (N-methyl/N-ethyl adjacent to an activating group) is 1. The number of amides is 1. The molecule has 0 spiro atoms. The Hall–Kier alpha value is -1.52. The standard InChI is InChI=1S/C14H24N4O/c1-10-5-14(2,3)6-12(10)17-11-7-16-18(8-11)9-13(19)15-4/h7-8,10,12,17H,5-6,9H2,1-4H3,(H,15,19)/t10-,12-/m0/s1. The molecule has 1 aromatic heterocycles. The Balaban J connectivity index is 1.95. The van der Waals surface area contributed by atoms with E-state index in [1.54, 1.807) is 17.9 Å². The van der Waals surface area contributed by atoms with Crippen molar-refractivity contribution in [3.8, 4) is 0 Å². The van der Waals surface area contributed by atoms with Gasteiger partial charge in [0.1, 0.15) is 6.54 Å². The van der Waals surface area contributed by atoms with Gasteiger partial charge in [-0.2, -0.15) is 5.10 Å². The van der Waals surface area contributed by atoms with Crippen LogP contribution in [0.3, 0.4) is 0 Å². The van der Waals surface area contributed by atoms with Crippen LogP contribution in [0, 0.1) is 11.3 Å². The Kier molecular flexibility index (Phi) is 3.83. The average Bonchev–Trinajstić information content (AvgIpc) is 2.84. The molecule has 106 valence electrons. The number of carbonyl (C=O) groups excluding carboxylic acids is 1. The van der Waals surface area contributed by atoms with Crippen LogP contribution in [0.5, 0.6) is 0 Å². The molecule has 5 nitrogen and oxygen atoms in total. The molecule has 2 N–H and O–H groups in total. The molecule has 1 aromatic rings. The maximum Gasteiger partial charge on any atom is 0.241 e. The molecule has 1 fully saturated rings. The Bertz CT molecular complexity index is 452. The van der Waals surface area contributed by atoms with E-state index in [1.807, 2.05) is 6.20 Å². The van der Waals surface area contributed by atoms with E-state index in [2.05, 4.69) is 36.5 Å². The third-order valence-electron chi connectivity index (χ3n) is 3.90. The van der Waals surface area contributed by atoms with Crippen LogP contribution in [0.4, 0.5) is 5.69 Å². The fraction of sp³-hybridized carbons (Fsp3) is 0.714. The van der Waals surface area contributed by atoms with E-state index in [4.69, 9.17) is 0 Å². The van der Waals surface area contributed by atoms with Crippen LogP contribution in [0.25, 0.3) is 0 Å². The molecule has 0 bridgehead atoms. The summed E-state index contributed by atoms with van der Waals surface area (Å²) in [6, 6.07) is 0.493. The maximum absolute atomic E-state index is 11.3. The van der Waals surface area contributed by atoms with Gasteiger partial charge >= 0.3 is 0 Å². The second-order valence-corrected chi connectivity index (χ2v) is 6.40. The van der Waals surface area contributed by atoms with Crippen molar-refractivity contribution < 1.29 is 4.79 Å². The van der Waals surface area contributed by atoms with E-state index in [-0.39, 0.29) is 12.5 Å². The average molecular weight is 264 g/mol. The number of hydrogen-bond acceptors (Lipinski definition) is 3. The fourth-order valence-electron chi connectivity index (χ4n) is 3.05. The van der Waals surface area contributed by atoms with Crippen LogP contribution in [-0.2, 0) is 11.3 Å². The van der Waals surface area contributed by atoms with Crippen molar-refractivity contribution in [2.45, 2.75) is 46.2 Å². The molecule has 19 heavy (non-hydrogen) atoms. The van der Waals surface area contributed by atoms with E-state index < -0.39 is 0 Å². The highest BCUT2D eigenvalue weighted by Crippen LogP contribution is 2.41. The zero-order valence-electron chi connectivity index (χ0n) is 12.2. The van der Waals surface area contributed by atoms with Gasteiger partial charge in [-0.1, -0.05) is 20.8 Å². The van der Waals surface area contributed by atoms with Gasteiger partial charge in [-0.3, -0.25) is 9.48 Å². The first-order chi connectivity index (χ1) is 8.89. The summed E-state index contributed by atoms with van der Waals surface area (Å²) in [6.45, 7) is 7.20. The first kappa shape index (κ1) is 13.9. The van der Waals surface area contributed by atoms with Gasteiger partial charge in [0.25, 0.3) is 0 Å². The number of nitrogens with zero attached hydrogens (tertiary/aromatic N) is 2. The molecule has 0 aromatic carbocycles. The van der Waals surface area contributed by atoms with E-state index >= 15 is 0 Å². The predicted molar refractivity (Wildman–Crippen MR) is 75.9 cm³/mol. The SMILES string of the molecule is CNC(=O)Cn1cc(N[C@H]2CC(C)(C)C[C@@H]2C)cn1. The minimum absolute atomic E-state index is 0.0370. The molecule has 0 aliphatic heterocycles. The summed E-state index contributed by atoms with van der Waals surface area (Å²) in [7, 11) is 1.63. The van der Waals surface area contributed by atoms with Crippen LogP contribution >= 0.6 is 0 Å². The number of aromatic nitrogens is 2. The van der Waals surface area contributed by atoms with Crippen molar-refractivity contribution in [1.82, 2.24) is 15.1 Å². The molecule has 1 aliphatic rings. The Morgan fingerprint density at radius 3 is 2.84 bits per heavy atom. The largest absolute Gasteiger partial charge is 0.379 e. The van der Waals surface area contributed by atoms with Gasteiger partial charge in [0.05, 0.1) is 11.9 Å². The normalized spacial score (nSPS) is 25.3. The Morgan fingerprint density at radius 2 is 2.26 bits per heavy atom.